The number of hydrogen-bond donors (Lipinski definition) is 1. The summed E-state index contributed by atoms with van der Waals surface area (Å²) >= 11 is 1.28. The molecule has 0 aromatic heterocycles. The summed E-state index contributed by atoms with van der Waals surface area (Å²) in [4.78, 5) is 40.0. The fourth-order valence-electron chi connectivity index (χ4n) is 3.61. The minimum Gasteiger partial charge on any atom is -0.449 e. The molecular formula is C22H32N2O4S. The topological polar surface area (TPSA) is 75.7 Å². The minimum atomic E-state index is -0.854. The van der Waals surface area contributed by atoms with E-state index in [0.717, 1.165) is 19.3 Å². The van der Waals surface area contributed by atoms with Crippen LogP contribution in [-0.2, 0) is 14.3 Å². The Kier molecular flexibility index (Phi) is 8.56. The second-order valence-electron chi connectivity index (χ2n) is 7.93. The number of esters is 1. The van der Waals surface area contributed by atoms with Crippen LogP contribution in [0, 0.1) is 0 Å². The Balaban J connectivity index is 2.03. The summed E-state index contributed by atoms with van der Waals surface area (Å²) in [6.45, 7) is 9.50. The van der Waals surface area contributed by atoms with Crippen LogP contribution in [0.2, 0.25) is 0 Å². The monoisotopic (exact) mass is 420 g/mol. The molecule has 2 rings (SSSR count). The van der Waals surface area contributed by atoms with Gasteiger partial charge >= 0.3 is 5.97 Å². The SMILES string of the molecule is CC(C)NC(=O)CSc1ccccc1C(=O)O[C@H](C)C(=O)N1[C@H](C)CCC[C@@H]1C. The van der Waals surface area contributed by atoms with Crippen molar-refractivity contribution in [3.05, 3.63) is 29.8 Å². The number of carbonyl (C=O) groups is 3. The maximum absolute atomic E-state index is 12.9. The summed E-state index contributed by atoms with van der Waals surface area (Å²) in [5.74, 6) is -0.584. The number of carbonyl (C=O) groups excluding carboxylic acids is 3. The molecular weight excluding hydrogens is 388 g/mol. The second-order valence-corrected chi connectivity index (χ2v) is 8.95. The summed E-state index contributed by atoms with van der Waals surface area (Å²) in [6, 6.07) is 7.36. The molecule has 1 N–H and O–H groups in total. The smallest absolute Gasteiger partial charge is 0.340 e. The highest BCUT2D eigenvalue weighted by Gasteiger charge is 2.33. The molecule has 1 aliphatic heterocycles. The van der Waals surface area contributed by atoms with E-state index in [-0.39, 0.29) is 35.7 Å². The van der Waals surface area contributed by atoms with Gasteiger partial charge in [0.2, 0.25) is 5.91 Å². The van der Waals surface area contributed by atoms with E-state index in [1.54, 1.807) is 25.1 Å². The number of thioether (sulfide) groups is 1. The van der Waals surface area contributed by atoms with Gasteiger partial charge in [-0.05, 0) is 66.0 Å². The van der Waals surface area contributed by atoms with Crippen LogP contribution in [0.4, 0.5) is 0 Å². The maximum Gasteiger partial charge on any atom is 0.340 e. The minimum absolute atomic E-state index is 0.0646. The van der Waals surface area contributed by atoms with Crippen molar-refractivity contribution in [2.24, 2.45) is 0 Å². The Morgan fingerprint density at radius 3 is 2.38 bits per heavy atom. The molecule has 29 heavy (non-hydrogen) atoms. The first kappa shape index (κ1) is 23.3. The van der Waals surface area contributed by atoms with Crippen molar-refractivity contribution in [1.82, 2.24) is 10.2 Å². The molecule has 7 heteroatoms. The predicted octanol–water partition coefficient (Wildman–Crippen LogP) is 3.64. The highest BCUT2D eigenvalue weighted by Crippen LogP contribution is 2.26. The zero-order valence-corrected chi connectivity index (χ0v) is 18.8. The van der Waals surface area contributed by atoms with Gasteiger partial charge in [0.15, 0.2) is 6.10 Å². The van der Waals surface area contributed by atoms with Crippen LogP contribution in [0.25, 0.3) is 0 Å². The number of hydrogen-bond acceptors (Lipinski definition) is 5. The molecule has 1 heterocycles. The summed E-state index contributed by atoms with van der Waals surface area (Å²) in [5.41, 5.74) is 0.370. The van der Waals surface area contributed by atoms with Crippen molar-refractivity contribution >= 4 is 29.5 Å². The Hall–Kier alpha value is -2.02. The number of rotatable bonds is 7. The van der Waals surface area contributed by atoms with Gasteiger partial charge in [-0.25, -0.2) is 4.79 Å². The molecule has 2 amide bonds. The molecule has 0 spiro atoms. The van der Waals surface area contributed by atoms with Crippen molar-refractivity contribution in [2.45, 2.75) is 83.0 Å². The molecule has 1 aromatic carbocycles. The van der Waals surface area contributed by atoms with E-state index in [1.165, 1.54) is 11.8 Å². The molecule has 3 atom stereocenters. The van der Waals surface area contributed by atoms with Gasteiger partial charge < -0.3 is 15.0 Å². The van der Waals surface area contributed by atoms with E-state index in [4.69, 9.17) is 4.74 Å². The van der Waals surface area contributed by atoms with Crippen LogP contribution < -0.4 is 5.32 Å². The van der Waals surface area contributed by atoms with Gasteiger partial charge in [0.05, 0.1) is 11.3 Å². The van der Waals surface area contributed by atoms with Crippen LogP contribution in [0.5, 0.6) is 0 Å². The lowest BCUT2D eigenvalue weighted by Crippen LogP contribution is -2.51. The van der Waals surface area contributed by atoms with Gasteiger partial charge in [-0.15, -0.1) is 11.8 Å². The van der Waals surface area contributed by atoms with E-state index in [1.807, 2.05) is 38.7 Å². The van der Waals surface area contributed by atoms with Crippen LogP contribution in [0.1, 0.15) is 64.2 Å². The first-order valence-corrected chi connectivity index (χ1v) is 11.2. The second kappa shape index (κ2) is 10.7. The normalized spacial score (nSPS) is 20.3. The average Bonchev–Trinajstić information content (AvgIpc) is 2.65. The van der Waals surface area contributed by atoms with Gasteiger partial charge in [0.25, 0.3) is 5.91 Å². The van der Waals surface area contributed by atoms with Gasteiger partial charge in [-0.3, -0.25) is 9.59 Å². The average molecular weight is 421 g/mol. The number of benzene rings is 1. The Morgan fingerprint density at radius 1 is 1.14 bits per heavy atom. The number of likely N-dealkylation sites (tertiary alicyclic amines) is 1. The highest BCUT2D eigenvalue weighted by molar-refractivity contribution is 8.00. The van der Waals surface area contributed by atoms with Crippen molar-refractivity contribution in [3.63, 3.8) is 0 Å². The van der Waals surface area contributed by atoms with Gasteiger partial charge in [-0.1, -0.05) is 12.1 Å². The van der Waals surface area contributed by atoms with Gasteiger partial charge in [-0.2, -0.15) is 0 Å². The Bertz CT molecular complexity index is 727. The van der Waals surface area contributed by atoms with Gasteiger partial charge in [0.1, 0.15) is 0 Å². The van der Waals surface area contributed by atoms with E-state index in [2.05, 4.69) is 5.32 Å². The quantitative estimate of drug-likeness (QED) is 0.538. The van der Waals surface area contributed by atoms with Crippen LogP contribution in [-0.4, -0.2) is 52.7 Å². The summed E-state index contributed by atoms with van der Waals surface area (Å²) in [5, 5.41) is 2.83. The lowest BCUT2D eigenvalue weighted by atomic mass is 9.97. The number of nitrogens with zero attached hydrogens (tertiary/aromatic N) is 1. The molecule has 0 radical (unpaired) electrons. The Morgan fingerprint density at radius 2 is 1.76 bits per heavy atom. The molecule has 1 aromatic rings. The van der Waals surface area contributed by atoms with Crippen molar-refractivity contribution in [2.75, 3.05) is 5.75 Å². The van der Waals surface area contributed by atoms with E-state index in [0.29, 0.717) is 10.5 Å². The Labute approximate surface area is 177 Å². The molecule has 0 bridgehead atoms. The zero-order valence-electron chi connectivity index (χ0n) is 17.9. The number of amides is 2. The van der Waals surface area contributed by atoms with Crippen molar-refractivity contribution in [1.29, 1.82) is 0 Å². The lowest BCUT2D eigenvalue weighted by molar-refractivity contribution is -0.146. The number of piperidine rings is 1. The maximum atomic E-state index is 12.9. The third-order valence-corrected chi connectivity index (χ3v) is 6.07. The fourth-order valence-corrected chi connectivity index (χ4v) is 4.46. The molecule has 160 valence electrons. The summed E-state index contributed by atoms with van der Waals surface area (Å²) < 4.78 is 5.52. The van der Waals surface area contributed by atoms with Crippen LogP contribution in [0.15, 0.2) is 29.2 Å². The predicted molar refractivity (Wildman–Crippen MR) is 115 cm³/mol. The largest absolute Gasteiger partial charge is 0.449 e. The lowest BCUT2D eigenvalue weighted by Gasteiger charge is -2.40. The summed E-state index contributed by atoms with van der Waals surface area (Å²) in [6.07, 6.45) is 2.19. The van der Waals surface area contributed by atoms with Crippen molar-refractivity contribution in [3.8, 4) is 0 Å². The third-order valence-electron chi connectivity index (χ3n) is 4.99. The van der Waals surface area contributed by atoms with E-state index in [9.17, 15) is 14.4 Å². The molecule has 0 unspecified atom stereocenters. The standard InChI is InChI=1S/C22H32N2O4S/c1-14(2)23-20(25)13-29-19-12-7-6-11-18(19)22(27)28-17(5)21(26)24-15(3)9-8-10-16(24)4/h6-7,11-12,14-17H,8-10,13H2,1-5H3,(H,23,25)/t15-,16+,17-/m1/s1. The molecule has 1 saturated heterocycles. The summed E-state index contributed by atoms with van der Waals surface area (Å²) in [7, 11) is 0. The zero-order chi connectivity index (χ0) is 21.6. The van der Waals surface area contributed by atoms with Gasteiger partial charge in [0, 0.05) is 23.0 Å². The van der Waals surface area contributed by atoms with E-state index < -0.39 is 12.1 Å². The molecule has 0 saturated carbocycles. The highest BCUT2D eigenvalue weighted by atomic mass is 32.2. The number of nitrogens with one attached hydrogen (secondary N) is 1. The van der Waals surface area contributed by atoms with E-state index >= 15 is 0 Å². The fraction of sp³-hybridized carbons (Fsp3) is 0.591. The molecule has 6 nitrogen and oxygen atoms in total. The van der Waals surface area contributed by atoms with Crippen LogP contribution in [0.3, 0.4) is 0 Å². The third kappa shape index (κ3) is 6.49. The van der Waals surface area contributed by atoms with Crippen molar-refractivity contribution < 1.29 is 19.1 Å². The van der Waals surface area contributed by atoms with Crippen LogP contribution >= 0.6 is 11.8 Å². The number of ether oxygens (including phenoxy) is 1. The first-order chi connectivity index (χ1) is 13.7. The first-order valence-electron chi connectivity index (χ1n) is 10.2. The molecule has 0 aliphatic carbocycles. The molecule has 1 fully saturated rings. The molecule has 1 aliphatic rings.